The fourth-order valence-electron chi connectivity index (χ4n) is 2.58. The summed E-state index contributed by atoms with van der Waals surface area (Å²) in [6, 6.07) is 6.73. The second-order valence-corrected chi connectivity index (χ2v) is 8.65. The summed E-state index contributed by atoms with van der Waals surface area (Å²) in [5.74, 6) is 1.12. The van der Waals surface area contributed by atoms with Gasteiger partial charge in [0.25, 0.3) is 0 Å². The summed E-state index contributed by atoms with van der Waals surface area (Å²) >= 11 is 6.26. The topological polar surface area (TPSA) is 118 Å². The fourth-order valence-corrected chi connectivity index (χ4v) is 3.29. The SMILES string of the molecule is COc1ccc(Nc2nc(Nc3ccnc(C)c3C)ncc2Cl)c(NS(C)(=O)=O)c1. The minimum atomic E-state index is -3.51. The van der Waals surface area contributed by atoms with E-state index in [1.807, 2.05) is 19.9 Å². The van der Waals surface area contributed by atoms with Gasteiger partial charge >= 0.3 is 0 Å². The number of halogens is 1. The Balaban J connectivity index is 1.93. The molecule has 0 amide bonds. The van der Waals surface area contributed by atoms with Crippen LogP contribution < -0.4 is 20.1 Å². The molecule has 0 radical (unpaired) electrons. The first-order valence-corrected chi connectivity index (χ1v) is 11.1. The minimum Gasteiger partial charge on any atom is -0.497 e. The van der Waals surface area contributed by atoms with E-state index in [0.29, 0.717) is 28.9 Å². The van der Waals surface area contributed by atoms with E-state index in [1.165, 1.54) is 13.3 Å². The highest BCUT2D eigenvalue weighted by atomic mass is 35.5. The van der Waals surface area contributed by atoms with Gasteiger partial charge in [0.15, 0.2) is 5.82 Å². The van der Waals surface area contributed by atoms with Crippen LogP contribution in [-0.4, -0.2) is 36.7 Å². The van der Waals surface area contributed by atoms with Gasteiger partial charge in [-0.1, -0.05) is 11.6 Å². The number of anilines is 5. The number of rotatable bonds is 7. The van der Waals surface area contributed by atoms with Gasteiger partial charge in [-0.05, 0) is 37.6 Å². The van der Waals surface area contributed by atoms with Crippen LogP contribution in [0.5, 0.6) is 5.75 Å². The molecule has 0 fully saturated rings. The minimum absolute atomic E-state index is 0.268. The van der Waals surface area contributed by atoms with Crippen LogP contribution in [0, 0.1) is 13.8 Å². The molecule has 0 aliphatic heterocycles. The molecular weight excluding hydrogens is 428 g/mol. The van der Waals surface area contributed by atoms with Crippen LogP contribution in [0.3, 0.4) is 0 Å². The molecule has 0 bridgehead atoms. The highest BCUT2D eigenvalue weighted by Crippen LogP contribution is 2.32. The van der Waals surface area contributed by atoms with Crippen LogP contribution >= 0.6 is 11.6 Å². The number of nitrogens with zero attached hydrogens (tertiary/aromatic N) is 3. The van der Waals surface area contributed by atoms with Crippen LogP contribution in [0.25, 0.3) is 0 Å². The quantitative estimate of drug-likeness (QED) is 0.496. The van der Waals surface area contributed by atoms with Gasteiger partial charge in [-0.2, -0.15) is 4.98 Å². The first-order valence-electron chi connectivity index (χ1n) is 8.81. The molecule has 1 aromatic carbocycles. The van der Waals surface area contributed by atoms with Crippen molar-refractivity contribution in [2.24, 2.45) is 0 Å². The second kappa shape index (κ2) is 8.72. The number of aryl methyl sites for hydroxylation is 1. The van der Waals surface area contributed by atoms with Crippen molar-refractivity contribution in [3.8, 4) is 5.75 Å². The van der Waals surface area contributed by atoms with Crippen molar-refractivity contribution in [1.29, 1.82) is 0 Å². The van der Waals surface area contributed by atoms with Gasteiger partial charge in [0.05, 0.1) is 30.9 Å². The predicted molar refractivity (Wildman–Crippen MR) is 119 cm³/mol. The number of nitrogens with one attached hydrogen (secondary N) is 3. The summed E-state index contributed by atoms with van der Waals surface area (Å²) < 4.78 is 31.1. The molecule has 3 N–H and O–H groups in total. The van der Waals surface area contributed by atoms with Gasteiger partial charge in [0.2, 0.25) is 16.0 Å². The highest BCUT2D eigenvalue weighted by molar-refractivity contribution is 7.92. The van der Waals surface area contributed by atoms with E-state index < -0.39 is 10.0 Å². The average molecular weight is 449 g/mol. The molecule has 9 nitrogen and oxygen atoms in total. The molecule has 158 valence electrons. The van der Waals surface area contributed by atoms with Crippen LogP contribution in [0.1, 0.15) is 11.3 Å². The molecule has 0 aliphatic carbocycles. The molecule has 0 saturated carbocycles. The standard InChI is InChI=1S/C19H21ClN6O3S/c1-11-12(2)21-8-7-15(11)24-19-22-10-14(20)18(25-19)23-16-6-5-13(29-3)9-17(16)26-30(4,27)28/h5-10,26H,1-4H3,(H2,21,22,23,24,25). The smallest absolute Gasteiger partial charge is 0.229 e. The van der Waals surface area contributed by atoms with E-state index in [4.69, 9.17) is 16.3 Å². The number of benzene rings is 1. The van der Waals surface area contributed by atoms with E-state index in [0.717, 1.165) is 23.2 Å². The van der Waals surface area contributed by atoms with E-state index in [1.54, 1.807) is 24.4 Å². The van der Waals surface area contributed by atoms with Crippen LogP contribution in [-0.2, 0) is 10.0 Å². The number of pyridine rings is 1. The molecule has 3 aromatic rings. The summed E-state index contributed by atoms with van der Waals surface area (Å²) in [5, 5.41) is 6.46. The Bertz CT molecular complexity index is 1190. The number of ether oxygens (including phenoxy) is 1. The Morgan fingerprint density at radius 1 is 1.03 bits per heavy atom. The molecule has 2 heterocycles. The van der Waals surface area contributed by atoms with Crippen molar-refractivity contribution in [2.75, 3.05) is 28.7 Å². The summed E-state index contributed by atoms with van der Waals surface area (Å²) in [4.78, 5) is 12.9. The van der Waals surface area contributed by atoms with Crippen molar-refractivity contribution in [2.45, 2.75) is 13.8 Å². The van der Waals surface area contributed by atoms with Gasteiger partial charge < -0.3 is 15.4 Å². The largest absolute Gasteiger partial charge is 0.497 e. The van der Waals surface area contributed by atoms with Gasteiger partial charge in [0.1, 0.15) is 10.8 Å². The van der Waals surface area contributed by atoms with E-state index in [2.05, 4.69) is 30.3 Å². The monoisotopic (exact) mass is 448 g/mol. The number of sulfonamides is 1. The van der Waals surface area contributed by atoms with Crippen molar-refractivity contribution in [3.05, 3.63) is 52.9 Å². The molecule has 2 aromatic heterocycles. The number of hydrogen-bond acceptors (Lipinski definition) is 8. The molecule has 0 unspecified atom stereocenters. The second-order valence-electron chi connectivity index (χ2n) is 6.49. The molecule has 3 rings (SSSR count). The summed E-state index contributed by atoms with van der Waals surface area (Å²) in [7, 11) is -2.02. The molecule has 11 heteroatoms. The summed E-state index contributed by atoms with van der Waals surface area (Å²) in [6.45, 7) is 3.86. The first-order chi connectivity index (χ1) is 14.2. The maximum atomic E-state index is 11.7. The zero-order valence-electron chi connectivity index (χ0n) is 16.8. The Hall–Kier alpha value is -3.11. The first kappa shape index (κ1) is 21.6. The number of methoxy groups -OCH3 is 1. The van der Waals surface area contributed by atoms with Crippen LogP contribution in [0.4, 0.5) is 28.8 Å². The third-order valence-electron chi connectivity index (χ3n) is 4.22. The van der Waals surface area contributed by atoms with E-state index in [9.17, 15) is 8.42 Å². The Morgan fingerprint density at radius 3 is 2.50 bits per heavy atom. The van der Waals surface area contributed by atoms with E-state index >= 15 is 0 Å². The lowest BCUT2D eigenvalue weighted by molar-refractivity contribution is 0.415. The lowest BCUT2D eigenvalue weighted by atomic mass is 10.2. The number of aromatic nitrogens is 3. The van der Waals surface area contributed by atoms with Gasteiger partial charge in [0, 0.05) is 23.6 Å². The van der Waals surface area contributed by atoms with Gasteiger partial charge in [-0.25, -0.2) is 13.4 Å². The average Bonchev–Trinajstić information content (AvgIpc) is 2.68. The normalized spacial score (nSPS) is 11.1. The zero-order chi connectivity index (χ0) is 21.9. The Labute approximate surface area is 179 Å². The molecule has 0 saturated heterocycles. The van der Waals surface area contributed by atoms with Crippen molar-refractivity contribution >= 4 is 50.5 Å². The van der Waals surface area contributed by atoms with Gasteiger partial charge in [-0.3, -0.25) is 9.71 Å². The Morgan fingerprint density at radius 2 is 1.80 bits per heavy atom. The maximum Gasteiger partial charge on any atom is 0.229 e. The summed E-state index contributed by atoms with van der Waals surface area (Å²) in [6.07, 6.45) is 4.21. The third-order valence-corrected chi connectivity index (χ3v) is 5.09. The van der Waals surface area contributed by atoms with Crippen molar-refractivity contribution in [3.63, 3.8) is 0 Å². The van der Waals surface area contributed by atoms with Crippen LogP contribution in [0.15, 0.2) is 36.7 Å². The molecule has 0 aliphatic rings. The zero-order valence-corrected chi connectivity index (χ0v) is 18.4. The predicted octanol–water partition coefficient (Wildman–Crippen LogP) is 4.01. The molecule has 0 atom stereocenters. The molecular formula is C19H21ClN6O3S. The van der Waals surface area contributed by atoms with Gasteiger partial charge in [-0.15, -0.1) is 0 Å². The maximum absolute atomic E-state index is 11.7. The van der Waals surface area contributed by atoms with Crippen molar-refractivity contribution < 1.29 is 13.2 Å². The summed E-state index contributed by atoms with van der Waals surface area (Å²) in [5.41, 5.74) is 3.42. The van der Waals surface area contributed by atoms with E-state index in [-0.39, 0.29) is 5.02 Å². The lowest BCUT2D eigenvalue weighted by Gasteiger charge is -2.15. The molecule has 30 heavy (non-hydrogen) atoms. The highest BCUT2D eigenvalue weighted by Gasteiger charge is 2.13. The lowest BCUT2D eigenvalue weighted by Crippen LogP contribution is -2.11. The molecule has 0 spiro atoms. The fraction of sp³-hybridized carbons (Fsp3) is 0.211. The Kier molecular flexibility index (Phi) is 6.28. The third kappa shape index (κ3) is 5.28. The van der Waals surface area contributed by atoms with Crippen LogP contribution in [0.2, 0.25) is 5.02 Å². The number of hydrogen-bond donors (Lipinski definition) is 3. The van der Waals surface area contributed by atoms with Crippen molar-refractivity contribution in [1.82, 2.24) is 15.0 Å².